The quantitative estimate of drug-likeness (QED) is 0.854. The van der Waals surface area contributed by atoms with Gasteiger partial charge >= 0.3 is 5.97 Å². The van der Waals surface area contributed by atoms with E-state index < -0.39 is 18.2 Å². The van der Waals surface area contributed by atoms with Gasteiger partial charge in [0.2, 0.25) is 0 Å². The minimum Gasteiger partial charge on any atom is -0.479 e. The molecule has 1 saturated heterocycles. The van der Waals surface area contributed by atoms with E-state index in [1.54, 1.807) is 4.90 Å². The van der Waals surface area contributed by atoms with Crippen molar-refractivity contribution >= 4 is 11.9 Å². The zero-order valence-corrected chi connectivity index (χ0v) is 13.7. The third-order valence-electron chi connectivity index (χ3n) is 5.09. The van der Waals surface area contributed by atoms with Crippen LogP contribution in [0.3, 0.4) is 0 Å². The minimum absolute atomic E-state index is 0.121. The fourth-order valence-corrected chi connectivity index (χ4v) is 3.38. The number of carboxylic acid groups (broad SMARTS) is 1. The Morgan fingerprint density at radius 3 is 2.67 bits per heavy atom. The topological polar surface area (TPSA) is 92.9 Å². The molecule has 7 heteroatoms. The lowest BCUT2D eigenvalue weighted by molar-refractivity contribution is -0.156. The molecule has 1 aromatic rings. The summed E-state index contributed by atoms with van der Waals surface area (Å²) in [5.41, 5.74) is 0.762. The standard InChI is InChI=1S/C17H22N2O5/c1-9-6-14(23-15(9)17(21)22)16(20)19(12-4-5-12)8-11-7-13(24-18-11)10-2-3-10/h7,9-10,12,14-15H,2-6,8H2,1H3,(H,21,22)/t9-,14-,15-/m1/s1. The van der Waals surface area contributed by atoms with E-state index >= 15 is 0 Å². The molecule has 0 aromatic carbocycles. The molecule has 1 aliphatic heterocycles. The fraction of sp³-hybridized carbons (Fsp3) is 0.706. The minimum atomic E-state index is -0.999. The van der Waals surface area contributed by atoms with Gasteiger partial charge in [-0.05, 0) is 38.0 Å². The number of rotatable bonds is 6. The van der Waals surface area contributed by atoms with Gasteiger partial charge in [0.15, 0.2) is 6.10 Å². The van der Waals surface area contributed by atoms with Crippen LogP contribution in [-0.4, -0.2) is 45.3 Å². The number of carbonyl (C=O) groups is 2. The number of ether oxygens (including phenoxy) is 1. The summed E-state index contributed by atoms with van der Waals surface area (Å²) in [5.74, 6) is 0.119. The zero-order chi connectivity index (χ0) is 16.8. The number of aliphatic carboxylic acids is 1. The summed E-state index contributed by atoms with van der Waals surface area (Å²) in [6.45, 7) is 2.22. The Hall–Kier alpha value is -1.89. The maximum Gasteiger partial charge on any atom is 0.333 e. The smallest absolute Gasteiger partial charge is 0.333 e. The van der Waals surface area contributed by atoms with Crippen LogP contribution in [0.25, 0.3) is 0 Å². The van der Waals surface area contributed by atoms with E-state index in [1.807, 2.05) is 13.0 Å². The molecule has 4 rings (SSSR count). The summed E-state index contributed by atoms with van der Waals surface area (Å²) in [5, 5.41) is 13.3. The molecule has 2 aliphatic carbocycles. The van der Waals surface area contributed by atoms with E-state index in [4.69, 9.17) is 14.4 Å². The Labute approximate surface area is 139 Å². The largest absolute Gasteiger partial charge is 0.479 e. The first-order valence-corrected chi connectivity index (χ1v) is 8.67. The van der Waals surface area contributed by atoms with Gasteiger partial charge in [-0.2, -0.15) is 0 Å². The Morgan fingerprint density at radius 1 is 1.33 bits per heavy atom. The van der Waals surface area contributed by atoms with Crippen LogP contribution in [0.5, 0.6) is 0 Å². The van der Waals surface area contributed by atoms with Crippen LogP contribution < -0.4 is 0 Å². The highest BCUT2D eigenvalue weighted by molar-refractivity contribution is 5.83. The molecule has 0 radical (unpaired) electrons. The molecule has 7 nitrogen and oxygen atoms in total. The predicted molar refractivity (Wildman–Crippen MR) is 82.1 cm³/mol. The zero-order valence-electron chi connectivity index (χ0n) is 13.7. The molecule has 0 spiro atoms. The lowest BCUT2D eigenvalue weighted by Gasteiger charge is -2.24. The lowest BCUT2D eigenvalue weighted by atomic mass is 10.0. The summed E-state index contributed by atoms with van der Waals surface area (Å²) in [6.07, 6.45) is 3.12. The molecule has 3 aliphatic rings. The van der Waals surface area contributed by atoms with Crippen molar-refractivity contribution in [1.82, 2.24) is 10.1 Å². The molecule has 3 atom stereocenters. The summed E-state index contributed by atoms with van der Waals surface area (Å²) >= 11 is 0. The average Bonchev–Trinajstić information content (AvgIpc) is 3.47. The fourth-order valence-electron chi connectivity index (χ4n) is 3.38. The Morgan fingerprint density at radius 2 is 2.08 bits per heavy atom. The molecule has 2 saturated carbocycles. The van der Waals surface area contributed by atoms with Crippen LogP contribution in [0.1, 0.15) is 56.4 Å². The molecular formula is C17H22N2O5. The second-order valence-electron chi connectivity index (χ2n) is 7.29. The highest BCUT2D eigenvalue weighted by Gasteiger charge is 2.44. The van der Waals surface area contributed by atoms with Gasteiger partial charge in [-0.25, -0.2) is 4.79 Å². The van der Waals surface area contributed by atoms with Crippen LogP contribution in [0, 0.1) is 5.92 Å². The van der Waals surface area contributed by atoms with Crippen molar-refractivity contribution in [3.63, 3.8) is 0 Å². The van der Waals surface area contributed by atoms with Crippen LogP contribution in [0.15, 0.2) is 10.6 Å². The molecular weight excluding hydrogens is 312 g/mol. The Kier molecular flexibility index (Phi) is 3.83. The molecule has 3 fully saturated rings. The molecule has 1 N–H and O–H groups in total. The van der Waals surface area contributed by atoms with Crippen molar-refractivity contribution in [3.8, 4) is 0 Å². The van der Waals surface area contributed by atoms with Gasteiger partial charge in [-0.15, -0.1) is 0 Å². The van der Waals surface area contributed by atoms with Gasteiger partial charge in [0, 0.05) is 18.0 Å². The SMILES string of the molecule is C[C@@H]1C[C@H](C(=O)N(Cc2cc(C3CC3)on2)C2CC2)O[C@H]1C(=O)O. The van der Waals surface area contributed by atoms with E-state index in [9.17, 15) is 9.59 Å². The summed E-state index contributed by atoms with van der Waals surface area (Å²) in [6, 6.07) is 2.15. The third kappa shape index (κ3) is 3.05. The molecule has 0 bridgehead atoms. The highest BCUT2D eigenvalue weighted by Crippen LogP contribution is 2.40. The maximum atomic E-state index is 12.8. The molecule has 1 aromatic heterocycles. The van der Waals surface area contributed by atoms with Crippen molar-refractivity contribution in [1.29, 1.82) is 0 Å². The summed E-state index contributed by atoms with van der Waals surface area (Å²) in [4.78, 5) is 25.8. The molecule has 1 amide bonds. The monoisotopic (exact) mass is 334 g/mol. The van der Waals surface area contributed by atoms with Crippen LogP contribution in [-0.2, 0) is 20.9 Å². The first kappa shape index (κ1) is 15.6. The third-order valence-corrected chi connectivity index (χ3v) is 5.09. The summed E-state index contributed by atoms with van der Waals surface area (Å²) < 4.78 is 10.9. The summed E-state index contributed by atoms with van der Waals surface area (Å²) in [7, 11) is 0. The number of amides is 1. The van der Waals surface area contributed by atoms with Gasteiger partial charge < -0.3 is 19.3 Å². The number of hydrogen-bond donors (Lipinski definition) is 1. The van der Waals surface area contributed by atoms with E-state index in [0.29, 0.717) is 18.9 Å². The Balaban J connectivity index is 1.44. The van der Waals surface area contributed by atoms with Crippen LogP contribution in [0.4, 0.5) is 0 Å². The molecule has 130 valence electrons. The molecule has 0 unspecified atom stereocenters. The first-order valence-electron chi connectivity index (χ1n) is 8.67. The lowest BCUT2D eigenvalue weighted by Crippen LogP contribution is -2.40. The van der Waals surface area contributed by atoms with Crippen molar-refractivity contribution in [2.75, 3.05) is 0 Å². The maximum absolute atomic E-state index is 12.8. The first-order chi connectivity index (χ1) is 11.5. The van der Waals surface area contributed by atoms with Crippen LogP contribution >= 0.6 is 0 Å². The van der Waals surface area contributed by atoms with Crippen LogP contribution in [0.2, 0.25) is 0 Å². The van der Waals surface area contributed by atoms with Crippen molar-refractivity contribution in [2.45, 2.75) is 69.7 Å². The van der Waals surface area contributed by atoms with E-state index in [2.05, 4.69) is 5.16 Å². The number of nitrogens with zero attached hydrogens (tertiary/aromatic N) is 2. The molecule has 24 heavy (non-hydrogen) atoms. The van der Waals surface area contributed by atoms with E-state index in [0.717, 1.165) is 37.1 Å². The van der Waals surface area contributed by atoms with Gasteiger partial charge in [0.1, 0.15) is 17.6 Å². The number of aromatic nitrogens is 1. The van der Waals surface area contributed by atoms with Crippen molar-refractivity contribution in [3.05, 3.63) is 17.5 Å². The average molecular weight is 334 g/mol. The highest BCUT2D eigenvalue weighted by atomic mass is 16.5. The van der Waals surface area contributed by atoms with Crippen molar-refractivity contribution in [2.24, 2.45) is 5.92 Å². The van der Waals surface area contributed by atoms with Crippen molar-refractivity contribution < 1.29 is 24.0 Å². The van der Waals surface area contributed by atoms with Gasteiger partial charge in [0.25, 0.3) is 5.91 Å². The predicted octanol–water partition coefficient (Wildman–Crippen LogP) is 1.92. The second-order valence-corrected chi connectivity index (χ2v) is 7.29. The van der Waals surface area contributed by atoms with E-state index in [1.165, 1.54) is 0 Å². The number of hydrogen-bond acceptors (Lipinski definition) is 5. The molecule has 2 heterocycles. The van der Waals surface area contributed by atoms with Gasteiger partial charge in [-0.3, -0.25) is 4.79 Å². The Bertz CT molecular complexity index is 649. The number of carbonyl (C=O) groups excluding carboxylic acids is 1. The normalized spacial score (nSPS) is 29.6. The van der Waals surface area contributed by atoms with Gasteiger partial charge in [-0.1, -0.05) is 12.1 Å². The second kappa shape index (κ2) is 5.88. The van der Waals surface area contributed by atoms with E-state index in [-0.39, 0.29) is 17.9 Å². The van der Waals surface area contributed by atoms with Gasteiger partial charge in [0.05, 0.1) is 6.54 Å². The number of carboxylic acids is 1.